The van der Waals surface area contributed by atoms with Gasteiger partial charge in [0.05, 0.1) is 5.25 Å². The predicted molar refractivity (Wildman–Crippen MR) is 75.6 cm³/mol. The molecule has 0 fully saturated rings. The lowest BCUT2D eigenvalue weighted by Crippen LogP contribution is -2.26. The average Bonchev–Trinajstić information content (AvgIpc) is 2.28. The Morgan fingerprint density at radius 2 is 1.95 bits per heavy atom. The van der Waals surface area contributed by atoms with E-state index in [2.05, 4.69) is 5.32 Å². The Labute approximate surface area is 120 Å². The van der Waals surface area contributed by atoms with Gasteiger partial charge in [-0.1, -0.05) is 18.2 Å². The lowest BCUT2D eigenvalue weighted by atomic mass is 10.1. The first-order valence-electron chi connectivity index (χ1n) is 5.97. The fourth-order valence-corrected chi connectivity index (χ4v) is 2.18. The van der Waals surface area contributed by atoms with Crippen molar-refractivity contribution in [2.24, 2.45) is 0 Å². The molecule has 0 saturated carbocycles. The molecule has 0 aromatic heterocycles. The number of hydrogen-bond donors (Lipinski definition) is 1. The highest BCUT2D eigenvalue weighted by molar-refractivity contribution is 8.01. The number of thioether (sulfide) groups is 1. The van der Waals surface area contributed by atoms with E-state index in [0.29, 0.717) is 12.2 Å². The van der Waals surface area contributed by atoms with Crippen LogP contribution >= 0.6 is 11.8 Å². The number of amides is 1. The highest BCUT2D eigenvalue weighted by Gasteiger charge is 2.34. The molecule has 0 aliphatic rings. The van der Waals surface area contributed by atoms with Crippen molar-refractivity contribution in [2.45, 2.75) is 24.2 Å². The maximum atomic E-state index is 12.2. The molecule has 1 rings (SSSR count). The molecule has 0 unspecified atom stereocenters. The molecular formula is C13H17F3N2OS. The number of rotatable bonds is 5. The van der Waals surface area contributed by atoms with Crippen molar-refractivity contribution in [3.8, 4) is 0 Å². The van der Waals surface area contributed by atoms with Gasteiger partial charge in [-0.2, -0.15) is 13.2 Å². The van der Waals surface area contributed by atoms with Crippen molar-refractivity contribution < 1.29 is 18.0 Å². The van der Waals surface area contributed by atoms with Gasteiger partial charge < -0.3 is 10.2 Å². The molecule has 1 N–H and O–H groups in total. The lowest BCUT2D eigenvalue weighted by Gasteiger charge is -2.17. The molecule has 0 aliphatic heterocycles. The Balaban J connectivity index is 2.75. The van der Waals surface area contributed by atoms with Crippen LogP contribution in [0.15, 0.2) is 24.3 Å². The van der Waals surface area contributed by atoms with Crippen LogP contribution in [0, 0.1) is 0 Å². The van der Waals surface area contributed by atoms with Crippen LogP contribution in [0.1, 0.15) is 12.5 Å². The van der Waals surface area contributed by atoms with Gasteiger partial charge in [-0.25, -0.2) is 0 Å². The molecule has 112 valence electrons. The Hall–Kier alpha value is -1.21. The number of alkyl halides is 3. The van der Waals surface area contributed by atoms with E-state index in [9.17, 15) is 18.0 Å². The zero-order valence-electron chi connectivity index (χ0n) is 11.5. The maximum Gasteiger partial charge on any atom is 0.442 e. The molecule has 3 nitrogen and oxygen atoms in total. The van der Waals surface area contributed by atoms with Gasteiger partial charge in [0.15, 0.2) is 0 Å². The highest BCUT2D eigenvalue weighted by Crippen LogP contribution is 2.34. The van der Waals surface area contributed by atoms with E-state index in [4.69, 9.17) is 0 Å². The molecule has 0 heterocycles. The van der Waals surface area contributed by atoms with Gasteiger partial charge in [0.1, 0.15) is 0 Å². The van der Waals surface area contributed by atoms with Gasteiger partial charge >= 0.3 is 5.51 Å². The monoisotopic (exact) mass is 306 g/mol. The second-order valence-electron chi connectivity index (χ2n) is 4.59. The number of nitrogens with zero attached hydrogens (tertiary/aromatic N) is 1. The molecule has 1 amide bonds. The van der Waals surface area contributed by atoms with Crippen LogP contribution in [0.25, 0.3) is 0 Å². The van der Waals surface area contributed by atoms with Gasteiger partial charge in [-0.3, -0.25) is 4.79 Å². The van der Waals surface area contributed by atoms with E-state index >= 15 is 0 Å². The second kappa shape index (κ2) is 6.99. The molecule has 0 aliphatic carbocycles. The molecule has 1 aromatic rings. The van der Waals surface area contributed by atoms with Gasteiger partial charge in [0.25, 0.3) is 0 Å². The van der Waals surface area contributed by atoms with Crippen LogP contribution in [0.3, 0.4) is 0 Å². The summed E-state index contributed by atoms with van der Waals surface area (Å²) in [4.78, 5) is 13.7. The fraction of sp³-hybridized carbons (Fsp3) is 0.462. The number of nitrogens with one attached hydrogen (secondary N) is 1. The Bertz CT molecular complexity index is 463. The predicted octanol–water partition coefficient (Wildman–Crippen LogP) is 3.33. The number of benzene rings is 1. The van der Waals surface area contributed by atoms with Crippen molar-refractivity contribution >= 4 is 23.4 Å². The molecule has 0 saturated heterocycles. The summed E-state index contributed by atoms with van der Waals surface area (Å²) in [6.45, 7) is 1.83. The van der Waals surface area contributed by atoms with Crippen LogP contribution in [-0.4, -0.2) is 35.7 Å². The number of carbonyl (C=O) groups is 1. The van der Waals surface area contributed by atoms with Crippen molar-refractivity contribution in [3.05, 3.63) is 29.8 Å². The van der Waals surface area contributed by atoms with E-state index in [0.717, 1.165) is 5.56 Å². The standard InChI is InChI=1S/C13H17F3N2OS/c1-9(20-13(14,15)16)12(19)17-11-7-5-4-6-10(11)8-18(2)3/h4-7,9H,8H2,1-3H3,(H,17,19)/t9-/m0/s1. The fourth-order valence-electron chi connectivity index (χ4n) is 1.61. The second-order valence-corrected chi connectivity index (χ2v) is 6.00. The highest BCUT2D eigenvalue weighted by atomic mass is 32.2. The molecule has 20 heavy (non-hydrogen) atoms. The third-order valence-corrected chi connectivity index (χ3v) is 3.28. The first-order valence-corrected chi connectivity index (χ1v) is 6.85. The Morgan fingerprint density at radius 1 is 1.35 bits per heavy atom. The number of hydrogen-bond acceptors (Lipinski definition) is 3. The minimum Gasteiger partial charge on any atom is -0.325 e. The van der Waals surface area contributed by atoms with E-state index in [1.807, 2.05) is 31.1 Å². The van der Waals surface area contributed by atoms with E-state index in [1.54, 1.807) is 12.1 Å². The van der Waals surface area contributed by atoms with Crippen molar-refractivity contribution in [3.63, 3.8) is 0 Å². The smallest absolute Gasteiger partial charge is 0.325 e. The summed E-state index contributed by atoms with van der Waals surface area (Å²) < 4.78 is 36.7. The van der Waals surface area contributed by atoms with Crippen molar-refractivity contribution in [1.82, 2.24) is 4.90 Å². The zero-order chi connectivity index (χ0) is 15.3. The third kappa shape index (κ3) is 5.83. The number of anilines is 1. The van der Waals surface area contributed by atoms with Crippen LogP contribution in [0.2, 0.25) is 0 Å². The largest absolute Gasteiger partial charge is 0.442 e. The summed E-state index contributed by atoms with van der Waals surface area (Å²) in [6, 6.07) is 7.07. The maximum absolute atomic E-state index is 12.2. The van der Waals surface area contributed by atoms with Crippen LogP contribution in [0.4, 0.5) is 18.9 Å². The summed E-state index contributed by atoms with van der Waals surface area (Å²) in [5.41, 5.74) is -3.02. The SMILES string of the molecule is C[C@H](SC(F)(F)F)C(=O)Nc1ccccc1CN(C)C. The summed E-state index contributed by atoms with van der Waals surface area (Å²) >= 11 is -0.319. The zero-order valence-corrected chi connectivity index (χ0v) is 12.3. The van der Waals surface area contributed by atoms with Gasteiger partial charge in [0.2, 0.25) is 5.91 Å². The molecule has 7 heteroatoms. The van der Waals surface area contributed by atoms with Crippen LogP contribution in [-0.2, 0) is 11.3 Å². The van der Waals surface area contributed by atoms with Gasteiger partial charge in [-0.05, 0) is 44.4 Å². The number of para-hydroxylation sites is 1. The van der Waals surface area contributed by atoms with E-state index < -0.39 is 16.7 Å². The van der Waals surface area contributed by atoms with Gasteiger partial charge in [-0.15, -0.1) is 0 Å². The van der Waals surface area contributed by atoms with Crippen molar-refractivity contribution in [2.75, 3.05) is 19.4 Å². The first kappa shape index (κ1) is 16.8. The Kier molecular flexibility index (Phi) is 5.88. The number of carbonyl (C=O) groups excluding carboxylic acids is 1. The van der Waals surface area contributed by atoms with Crippen LogP contribution < -0.4 is 5.32 Å². The summed E-state index contributed by atoms with van der Waals surface area (Å²) in [5.74, 6) is -0.654. The molecular weight excluding hydrogens is 289 g/mol. The average molecular weight is 306 g/mol. The van der Waals surface area contributed by atoms with Crippen LogP contribution in [0.5, 0.6) is 0 Å². The molecule has 0 bridgehead atoms. The minimum absolute atomic E-state index is 0.319. The Morgan fingerprint density at radius 3 is 2.50 bits per heavy atom. The first-order chi connectivity index (χ1) is 9.19. The molecule has 1 atom stereocenters. The number of halogens is 3. The van der Waals surface area contributed by atoms with E-state index in [1.165, 1.54) is 6.92 Å². The van der Waals surface area contributed by atoms with Gasteiger partial charge in [0, 0.05) is 12.2 Å². The summed E-state index contributed by atoms with van der Waals surface area (Å²) in [7, 11) is 3.75. The normalized spacial score (nSPS) is 13.3. The minimum atomic E-state index is -4.42. The summed E-state index contributed by atoms with van der Waals surface area (Å²) in [5, 5.41) is 1.36. The molecule has 0 spiro atoms. The van der Waals surface area contributed by atoms with E-state index in [-0.39, 0.29) is 11.8 Å². The molecule has 0 radical (unpaired) electrons. The lowest BCUT2D eigenvalue weighted by molar-refractivity contribution is -0.115. The van der Waals surface area contributed by atoms with Crippen molar-refractivity contribution in [1.29, 1.82) is 0 Å². The third-order valence-electron chi connectivity index (χ3n) is 2.44. The summed E-state index contributed by atoms with van der Waals surface area (Å²) in [6.07, 6.45) is 0. The topological polar surface area (TPSA) is 32.3 Å². The quantitative estimate of drug-likeness (QED) is 0.905. The molecule has 1 aromatic carbocycles.